The maximum Gasteiger partial charge on any atom is 0.159 e. The zero-order chi connectivity index (χ0) is 9.97. The Morgan fingerprint density at radius 3 is 2.50 bits per heavy atom. The summed E-state index contributed by atoms with van der Waals surface area (Å²) in [7, 11) is 0. The average molecular weight is 205 g/mol. The number of rotatable bonds is 1. The summed E-state index contributed by atoms with van der Waals surface area (Å²) < 4.78 is 0. The maximum atomic E-state index is 5.86. The van der Waals surface area contributed by atoms with Crippen LogP contribution in [0.25, 0.3) is 11.4 Å². The van der Waals surface area contributed by atoms with Crippen molar-refractivity contribution in [3.63, 3.8) is 0 Å². The molecule has 0 unspecified atom stereocenters. The van der Waals surface area contributed by atoms with Gasteiger partial charge in [-0.05, 0) is 36.8 Å². The van der Waals surface area contributed by atoms with E-state index in [9.17, 15) is 0 Å². The second kappa shape index (κ2) is 3.76. The SMILES string of the molecule is Cc1cc(Cl)ccc1-c1ncccn1. The van der Waals surface area contributed by atoms with Gasteiger partial charge in [-0.2, -0.15) is 0 Å². The van der Waals surface area contributed by atoms with E-state index in [1.54, 1.807) is 18.5 Å². The Bertz CT molecular complexity index is 440. The van der Waals surface area contributed by atoms with Gasteiger partial charge in [0.05, 0.1) is 0 Å². The normalized spacial score (nSPS) is 10.1. The van der Waals surface area contributed by atoms with Crippen molar-refractivity contribution in [2.24, 2.45) is 0 Å². The third-order valence-corrected chi connectivity index (χ3v) is 2.23. The fourth-order valence-corrected chi connectivity index (χ4v) is 1.54. The van der Waals surface area contributed by atoms with Crippen LogP contribution in [0.5, 0.6) is 0 Å². The highest BCUT2D eigenvalue weighted by atomic mass is 35.5. The first-order valence-electron chi connectivity index (χ1n) is 4.31. The van der Waals surface area contributed by atoms with E-state index in [1.165, 1.54) is 0 Å². The van der Waals surface area contributed by atoms with Gasteiger partial charge in [0, 0.05) is 23.0 Å². The van der Waals surface area contributed by atoms with Gasteiger partial charge in [-0.15, -0.1) is 0 Å². The van der Waals surface area contributed by atoms with Gasteiger partial charge in [0.1, 0.15) is 0 Å². The van der Waals surface area contributed by atoms with Crippen LogP contribution in [0.4, 0.5) is 0 Å². The van der Waals surface area contributed by atoms with Crippen molar-refractivity contribution in [3.05, 3.63) is 47.2 Å². The topological polar surface area (TPSA) is 25.8 Å². The Balaban J connectivity index is 2.53. The van der Waals surface area contributed by atoms with E-state index >= 15 is 0 Å². The van der Waals surface area contributed by atoms with Crippen molar-refractivity contribution in [2.75, 3.05) is 0 Å². The first kappa shape index (κ1) is 9.16. The minimum absolute atomic E-state index is 0.738. The summed E-state index contributed by atoms with van der Waals surface area (Å²) in [6, 6.07) is 7.50. The van der Waals surface area contributed by atoms with Crippen molar-refractivity contribution in [1.82, 2.24) is 9.97 Å². The third-order valence-electron chi connectivity index (χ3n) is 2.00. The molecule has 0 bridgehead atoms. The molecule has 0 amide bonds. The molecular formula is C11H9ClN2. The number of aromatic nitrogens is 2. The Kier molecular flexibility index (Phi) is 2.46. The molecule has 2 nitrogen and oxygen atoms in total. The molecule has 0 spiro atoms. The van der Waals surface area contributed by atoms with Gasteiger partial charge in [0.25, 0.3) is 0 Å². The molecule has 1 aromatic carbocycles. The van der Waals surface area contributed by atoms with Crippen molar-refractivity contribution < 1.29 is 0 Å². The molecule has 0 N–H and O–H groups in total. The Labute approximate surface area is 87.6 Å². The fourth-order valence-electron chi connectivity index (χ4n) is 1.32. The molecule has 0 saturated heterocycles. The summed E-state index contributed by atoms with van der Waals surface area (Å²) in [4.78, 5) is 8.37. The summed E-state index contributed by atoms with van der Waals surface area (Å²) in [5, 5.41) is 0.738. The molecule has 0 fully saturated rings. The summed E-state index contributed by atoms with van der Waals surface area (Å²) in [5.41, 5.74) is 2.11. The zero-order valence-corrected chi connectivity index (χ0v) is 8.49. The Hall–Kier alpha value is -1.41. The van der Waals surface area contributed by atoms with Gasteiger partial charge in [0.15, 0.2) is 5.82 Å². The molecule has 0 aliphatic heterocycles. The van der Waals surface area contributed by atoms with Crippen molar-refractivity contribution in [1.29, 1.82) is 0 Å². The van der Waals surface area contributed by atoms with Crippen molar-refractivity contribution >= 4 is 11.6 Å². The van der Waals surface area contributed by atoms with Crippen LogP contribution < -0.4 is 0 Å². The van der Waals surface area contributed by atoms with Gasteiger partial charge < -0.3 is 0 Å². The van der Waals surface area contributed by atoms with E-state index in [0.717, 1.165) is 22.0 Å². The minimum atomic E-state index is 0.738. The van der Waals surface area contributed by atoms with E-state index in [1.807, 2.05) is 25.1 Å². The highest BCUT2D eigenvalue weighted by Crippen LogP contribution is 2.22. The molecule has 1 aromatic heterocycles. The van der Waals surface area contributed by atoms with Crippen LogP contribution >= 0.6 is 11.6 Å². The quantitative estimate of drug-likeness (QED) is 0.714. The largest absolute Gasteiger partial charge is 0.237 e. The average Bonchev–Trinajstić information content (AvgIpc) is 2.19. The molecule has 0 atom stereocenters. The van der Waals surface area contributed by atoms with E-state index in [2.05, 4.69) is 9.97 Å². The second-order valence-corrected chi connectivity index (χ2v) is 3.47. The molecule has 0 aliphatic rings. The van der Waals surface area contributed by atoms with E-state index in [0.29, 0.717) is 0 Å². The second-order valence-electron chi connectivity index (χ2n) is 3.03. The van der Waals surface area contributed by atoms with Crippen LogP contribution in [0, 0.1) is 6.92 Å². The first-order valence-corrected chi connectivity index (χ1v) is 4.69. The lowest BCUT2D eigenvalue weighted by atomic mass is 10.1. The molecular weight excluding hydrogens is 196 g/mol. The van der Waals surface area contributed by atoms with Crippen LogP contribution in [-0.4, -0.2) is 9.97 Å². The number of halogens is 1. The van der Waals surface area contributed by atoms with E-state index in [-0.39, 0.29) is 0 Å². The van der Waals surface area contributed by atoms with Gasteiger partial charge in [-0.1, -0.05) is 11.6 Å². The number of hydrogen-bond donors (Lipinski definition) is 0. The first-order chi connectivity index (χ1) is 6.77. The fraction of sp³-hybridized carbons (Fsp3) is 0.0909. The zero-order valence-electron chi connectivity index (χ0n) is 7.74. The highest BCUT2D eigenvalue weighted by Gasteiger charge is 2.03. The summed E-state index contributed by atoms with van der Waals surface area (Å²) >= 11 is 5.86. The third kappa shape index (κ3) is 1.75. The standard InChI is InChI=1S/C11H9ClN2/c1-8-7-9(12)3-4-10(8)11-13-5-2-6-14-11/h2-7H,1H3. The van der Waals surface area contributed by atoms with E-state index < -0.39 is 0 Å². The lowest BCUT2D eigenvalue weighted by Crippen LogP contribution is -1.89. The van der Waals surface area contributed by atoms with Gasteiger partial charge >= 0.3 is 0 Å². The molecule has 2 rings (SSSR count). The number of nitrogens with zero attached hydrogens (tertiary/aromatic N) is 2. The smallest absolute Gasteiger partial charge is 0.159 e. The van der Waals surface area contributed by atoms with Gasteiger partial charge in [-0.25, -0.2) is 9.97 Å². The molecule has 2 aromatic rings. The maximum absolute atomic E-state index is 5.86. The van der Waals surface area contributed by atoms with Crippen LogP contribution in [-0.2, 0) is 0 Å². The number of aryl methyl sites for hydroxylation is 1. The Morgan fingerprint density at radius 2 is 1.86 bits per heavy atom. The predicted molar refractivity (Wildman–Crippen MR) is 57.2 cm³/mol. The van der Waals surface area contributed by atoms with Crippen LogP contribution in [0.15, 0.2) is 36.7 Å². The number of benzene rings is 1. The highest BCUT2D eigenvalue weighted by molar-refractivity contribution is 6.30. The van der Waals surface area contributed by atoms with Gasteiger partial charge in [-0.3, -0.25) is 0 Å². The lowest BCUT2D eigenvalue weighted by molar-refractivity contribution is 1.17. The van der Waals surface area contributed by atoms with Crippen molar-refractivity contribution in [2.45, 2.75) is 6.92 Å². The summed E-state index contributed by atoms with van der Waals surface area (Å²) in [6.07, 6.45) is 3.47. The summed E-state index contributed by atoms with van der Waals surface area (Å²) in [6.45, 7) is 2.00. The number of hydrogen-bond acceptors (Lipinski definition) is 2. The van der Waals surface area contributed by atoms with Crippen molar-refractivity contribution in [3.8, 4) is 11.4 Å². The summed E-state index contributed by atoms with van der Waals surface area (Å²) in [5.74, 6) is 0.738. The van der Waals surface area contributed by atoms with Gasteiger partial charge in [0.2, 0.25) is 0 Å². The lowest BCUT2D eigenvalue weighted by Gasteiger charge is -2.03. The molecule has 14 heavy (non-hydrogen) atoms. The molecule has 70 valence electrons. The van der Waals surface area contributed by atoms with E-state index in [4.69, 9.17) is 11.6 Å². The molecule has 1 heterocycles. The molecule has 3 heteroatoms. The van der Waals surface area contributed by atoms with Crippen LogP contribution in [0.3, 0.4) is 0 Å². The van der Waals surface area contributed by atoms with Crippen LogP contribution in [0.2, 0.25) is 5.02 Å². The minimum Gasteiger partial charge on any atom is -0.237 e. The Morgan fingerprint density at radius 1 is 1.14 bits per heavy atom. The predicted octanol–water partition coefficient (Wildman–Crippen LogP) is 3.11. The van der Waals surface area contributed by atoms with Crippen LogP contribution in [0.1, 0.15) is 5.56 Å². The molecule has 0 aliphatic carbocycles. The molecule has 0 radical (unpaired) electrons. The molecule has 0 saturated carbocycles. The monoisotopic (exact) mass is 204 g/mol.